The molecule has 2 fully saturated rings. The second-order valence-electron chi connectivity index (χ2n) is 11.7. The van der Waals surface area contributed by atoms with Gasteiger partial charge in [0.2, 0.25) is 5.95 Å². The summed E-state index contributed by atoms with van der Waals surface area (Å²) in [7, 11) is 0. The van der Waals surface area contributed by atoms with Gasteiger partial charge in [0, 0.05) is 24.5 Å². The van der Waals surface area contributed by atoms with Crippen molar-refractivity contribution in [3.8, 4) is 0 Å². The first-order valence-electron chi connectivity index (χ1n) is 15.2. The fourth-order valence-corrected chi connectivity index (χ4v) is 6.33. The molecule has 14 heteroatoms. The van der Waals surface area contributed by atoms with Crippen LogP contribution in [0.1, 0.15) is 50.0 Å². The number of ether oxygens (including phenoxy) is 2. The van der Waals surface area contributed by atoms with Crippen LogP contribution in [0, 0.1) is 0 Å². The van der Waals surface area contributed by atoms with E-state index in [1.165, 1.54) is 10.9 Å². The van der Waals surface area contributed by atoms with Crippen LogP contribution in [0.5, 0.6) is 0 Å². The number of imidazole rings is 1. The fourth-order valence-electron chi connectivity index (χ4n) is 6.33. The Labute approximate surface area is 263 Å². The van der Waals surface area contributed by atoms with Gasteiger partial charge in [-0.1, -0.05) is 60.7 Å². The first-order chi connectivity index (χ1) is 22.1. The third-order valence-electron chi connectivity index (χ3n) is 8.71. The molecule has 2 aliphatic rings. The Bertz CT molecular complexity index is 1610. The normalized spacial score (nSPS) is 25.0. The van der Waals surface area contributed by atoms with Gasteiger partial charge in [-0.2, -0.15) is 23.1 Å². The summed E-state index contributed by atoms with van der Waals surface area (Å²) in [6, 6.07) is 20.2. The molecule has 4 aromatic rings. The van der Waals surface area contributed by atoms with Gasteiger partial charge >= 0.3 is 12.1 Å². The highest BCUT2D eigenvalue weighted by atomic mass is 19.4. The van der Waals surface area contributed by atoms with E-state index < -0.39 is 43.3 Å². The number of carbonyl (C=O) groups is 1. The lowest BCUT2D eigenvalue weighted by Crippen LogP contribution is -2.40. The molecule has 0 aliphatic carbocycles. The molecule has 0 saturated carbocycles. The van der Waals surface area contributed by atoms with Gasteiger partial charge in [-0.25, -0.2) is 9.78 Å². The van der Waals surface area contributed by atoms with Gasteiger partial charge in [0.25, 0.3) is 0 Å². The summed E-state index contributed by atoms with van der Waals surface area (Å²) in [4.78, 5) is 28.1. The first kappa shape index (κ1) is 31.7. The van der Waals surface area contributed by atoms with Crippen LogP contribution >= 0.6 is 0 Å². The second kappa shape index (κ2) is 12.9. The molecule has 2 unspecified atom stereocenters. The number of fused-ring (bicyclic) bond motifs is 1. The van der Waals surface area contributed by atoms with Crippen LogP contribution in [0.2, 0.25) is 0 Å². The summed E-state index contributed by atoms with van der Waals surface area (Å²) in [5, 5.41) is 23.9. The van der Waals surface area contributed by atoms with Gasteiger partial charge < -0.3 is 29.9 Å². The SMILES string of the molecule is CC1CCC(C)N1c1nc(NCC(c2ccccc2)c2ccccc2)c2ncn([C@@H]3O[C@H](CO)[C@@H](O)[C@H]3OC(=O)C(F)(F)F)c2n1. The van der Waals surface area contributed by atoms with Gasteiger partial charge in [-0.3, -0.25) is 4.57 Å². The molecule has 244 valence electrons. The van der Waals surface area contributed by atoms with Crippen LogP contribution in [0.25, 0.3) is 11.2 Å². The molecule has 46 heavy (non-hydrogen) atoms. The summed E-state index contributed by atoms with van der Waals surface area (Å²) < 4.78 is 51.3. The average Bonchev–Trinajstić information content (AvgIpc) is 3.72. The summed E-state index contributed by atoms with van der Waals surface area (Å²) in [6.07, 6.45) is -8.50. The molecule has 6 rings (SSSR count). The molecule has 2 aromatic heterocycles. The van der Waals surface area contributed by atoms with Crippen LogP contribution in [0.3, 0.4) is 0 Å². The fraction of sp³-hybridized carbons (Fsp3) is 0.438. The number of rotatable bonds is 9. The van der Waals surface area contributed by atoms with Crippen molar-refractivity contribution in [3.05, 3.63) is 78.1 Å². The summed E-state index contributed by atoms with van der Waals surface area (Å²) in [5.74, 6) is -1.78. The van der Waals surface area contributed by atoms with Crippen molar-refractivity contribution < 1.29 is 37.7 Å². The minimum Gasteiger partial charge on any atom is -0.448 e. The predicted octanol–water partition coefficient (Wildman–Crippen LogP) is 4.17. The number of carbonyl (C=O) groups excluding carboxylic acids is 1. The van der Waals surface area contributed by atoms with E-state index in [2.05, 4.69) is 29.0 Å². The maximum Gasteiger partial charge on any atom is 0.490 e. The maximum atomic E-state index is 13.2. The van der Waals surface area contributed by atoms with Crippen LogP contribution < -0.4 is 10.2 Å². The first-order valence-corrected chi connectivity index (χ1v) is 15.2. The van der Waals surface area contributed by atoms with Crippen molar-refractivity contribution in [3.63, 3.8) is 0 Å². The Morgan fingerprint density at radius 1 is 1.04 bits per heavy atom. The zero-order chi connectivity index (χ0) is 32.6. The Balaban J connectivity index is 1.42. The number of anilines is 2. The van der Waals surface area contributed by atoms with Crippen LogP contribution in [0.4, 0.5) is 24.9 Å². The van der Waals surface area contributed by atoms with Gasteiger partial charge in [0.15, 0.2) is 29.3 Å². The highest BCUT2D eigenvalue weighted by Crippen LogP contribution is 2.37. The Hall–Kier alpha value is -4.27. The monoisotopic (exact) mass is 640 g/mol. The minimum atomic E-state index is -5.30. The molecule has 2 aliphatic heterocycles. The van der Waals surface area contributed by atoms with Gasteiger partial charge in [-0.15, -0.1) is 0 Å². The minimum absolute atomic E-state index is 0.0626. The number of hydrogen-bond donors (Lipinski definition) is 3. The van der Waals surface area contributed by atoms with Gasteiger partial charge in [0.05, 0.1) is 12.9 Å². The molecule has 4 heterocycles. The zero-order valence-electron chi connectivity index (χ0n) is 25.2. The number of aromatic nitrogens is 4. The van der Waals surface area contributed by atoms with Gasteiger partial charge in [-0.05, 0) is 37.8 Å². The predicted molar refractivity (Wildman–Crippen MR) is 162 cm³/mol. The molecule has 2 aromatic carbocycles. The second-order valence-corrected chi connectivity index (χ2v) is 11.7. The number of benzene rings is 2. The van der Waals surface area contributed by atoms with E-state index >= 15 is 0 Å². The van der Waals surface area contributed by atoms with E-state index in [0.29, 0.717) is 23.8 Å². The molecule has 6 atom stereocenters. The molecule has 0 radical (unpaired) electrons. The molecule has 0 bridgehead atoms. The van der Waals surface area contributed by atoms with E-state index in [0.717, 1.165) is 24.0 Å². The standard InChI is InChI=1S/C32H35F3N6O5/c1-18-13-14-19(2)41(18)31-38-27(36-15-22(20-9-5-3-6-10-20)21-11-7-4-8-12-21)24-28(39-31)40(17-37-24)29-26(25(43)23(16-42)45-29)46-30(44)32(33,34)35/h3-12,17-19,22-23,25-26,29,42-43H,13-16H2,1-2H3,(H,36,38,39)/t18?,19?,23-,25-,26-,29-/m1/s1. The highest BCUT2D eigenvalue weighted by molar-refractivity contribution is 5.84. The number of hydrogen-bond acceptors (Lipinski definition) is 10. The maximum absolute atomic E-state index is 13.2. The van der Waals surface area contributed by atoms with Crippen molar-refractivity contribution in [1.29, 1.82) is 0 Å². The Morgan fingerprint density at radius 2 is 1.65 bits per heavy atom. The number of nitrogens with one attached hydrogen (secondary N) is 1. The highest BCUT2D eigenvalue weighted by Gasteiger charge is 2.51. The summed E-state index contributed by atoms with van der Waals surface area (Å²) in [6.45, 7) is 3.84. The Morgan fingerprint density at radius 3 is 2.22 bits per heavy atom. The van der Waals surface area contributed by atoms with Crippen molar-refractivity contribution in [1.82, 2.24) is 19.5 Å². The number of halogens is 3. The van der Waals surface area contributed by atoms with E-state index in [9.17, 15) is 28.2 Å². The van der Waals surface area contributed by atoms with Crippen molar-refractivity contribution in [2.45, 2.75) is 75.4 Å². The lowest BCUT2D eigenvalue weighted by Gasteiger charge is -2.27. The van der Waals surface area contributed by atoms with Gasteiger partial charge in [0.1, 0.15) is 12.2 Å². The number of alkyl halides is 3. The molecule has 0 spiro atoms. The van der Waals surface area contributed by atoms with Crippen molar-refractivity contribution in [2.24, 2.45) is 0 Å². The van der Waals surface area contributed by atoms with Crippen molar-refractivity contribution in [2.75, 3.05) is 23.4 Å². The average molecular weight is 641 g/mol. The van der Waals surface area contributed by atoms with E-state index in [1.807, 2.05) is 60.7 Å². The molecule has 3 N–H and O–H groups in total. The zero-order valence-corrected chi connectivity index (χ0v) is 25.2. The van der Waals surface area contributed by atoms with E-state index in [1.54, 1.807) is 0 Å². The van der Waals surface area contributed by atoms with Crippen LogP contribution in [-0.2, 0) is 14.3 Å². The third-order valence-corrected chi connectivity index (χ3v) is 8.71. The molecular formula is C32H35F3N6O5. The number of aliphatic hydroxyl groups excluding tert-OH is 2. The van der Waals surface area contributed by atoms with Crippen LogP contribution in [0.15, 0.2) is 67.0 Å². The van der Waals surface area contributed by atoms with Crippen LogP contribution in [-0.4, -0.2) is 85.4 Å². The smallest absolute Gasteiger partial charge is 0.448 e. The number of nitrogens with zero attached hydrogens (tertiary/aromatic N) is 5. The number of esters is 1. The lowest BCUT2D eigenvalue weighted by molar-refractivity contribution is -0.211. The third kappa shape index (κ3) is 6.11. The summed E-state index contributed by atoms with van der Waals surface area (Å²) in [5.41, 5.74) is 2.65. The molecular weight excluding hydrogens is 605 g/mol. The van der Waals surface area contributed by atoms with Crippen molar-refractivity contribution >= 4 is 28.9 Å². The largest absolute Gasteiger partial charge is 0.490 e. The number of aliphatic hydroxyl groups is 2. The van der Waals surface area contributed by atoms with E-state index in [-0.39, 0.29) is 23.6 Å². The molecule has 2 saturated heterocycles. The van der Waals surface area contributed by atoms with E-state index in [4.69, 9.17) is 19.4 Å². The lowest BCUT2D eigenvalue weighted by atomic mass is 9.91. The molecule has 0 amide bonds. The molecule has 11 nitrogen and oxygen atoms in total. The summed E-state index contributed by atoms with van der Waals surface area (Å²) >= 11 is 0. The topological polar surface area (TPSA) is 135 Å². The quantitative estimate of drug-likeness (QED) is 0.229. The Kier molecular flexibility index (Phi) is 8.86.